The molecule has 2 aromatic carbocycles. The summed E-state index contributed by atoms with van der Waals surface area (Å²) in [4.78, 5) is 12.5. The first kappa shape index (κ1) is 19.7. The molecule has 1 amide bonds. The van der Waals surface area contributed by atoms with Gasteiger partial charge in [-0.05, 0) is 74.4 Å². The highest BCUT2D eigenvalue weighted by Gasteiger charge is 2.14. The zero-order chi connectivity index (χ0) is 20.3. The number of amides is 1. The molecule has 5 heteroatoms. The molecule has 140 valence electrons. The van der Waals surface area contributed by atoms with Crippen molar-refractivity contribution < 1.29 is 4.79 Å². The molecule has 1 heterocycles. The van der Waals surface area contributed by atoms with Crippen LogP contribution in [0.15, 0.2) is 64.6 Å². The second-order valence-electron chi connectivity index (χ2n) is 6.59. The van der Waals surface area contributed by atoms with Crippen LogP contribution in [-0.2, 0) is 4.79 Å². The van der Waals surface area contributed by atoms with Crippen LogP contribution in [0.25, 0.3) is 11.8 Å². The number of anilines is 1. The van der Waals surface area contributed by atoms with Gasteiger partial charge in [-0.3, -0.25) is 4.79 Å². The fourth-order valence-electron chi connectivity index (χ4n) is 3.12. The van der Waals surface area contributed by atoms with E-state index in [1.165, 1.54) is 0 Å². The molecule has 0 saturated heterocycles. The number of aryl methyl sites for hydroxylation is 2. The van der Waals surface area contributed by atoms with Crippen LogP contribution in [0.5, 0.6) is 0 Å². The third kappa shape index (κ3) is 4.08. The number of halogens is 1. The summed E-state index contributed by atoms with van der Waals surface area (Å²) in [5.74, 6) is -0.419. The molecular weight excluding hydrogens is 414 g/mol. The minimum Gasteiger partial charge on any atom is -0.321 e. The van der Waals surface area contributed by atoms with Gasteiger partial charge in [-0.2, -0.15) is 5.26 Å². The van der Waals surface area contributed by atoms with Gasteiger partial charge in [-0.1, -0.05) is 34.1 Å². The third-order valence-corrected chi connectivity index (χ3v) is 5.46. The van der Waals surface area contributed by atoms with E-state index in [9.17, 15) is 10.1 Å². The van der Waals surface area contributed by atoms with Crippen molar-refractivity contribution in [1.82, 2.24) is 4.57 Å². The van der Waals surface area contributed by atoms with Gasteiger partial charge in [-0.15, -0.1) is 0 Å². The largest absolute Gasteiger partial charge is 0.321 e. The van der Waals surface area contributed by atoms with Gasteiger partial charge in [0.25, 0.3) is 5.91 Å². The lowest BCUT2D eigenvalue weighted by atomic mass is 10.1. The van der Waals surface area contributed by atoms with Gasteiger partial charge in [0.1, 0.15) is 11.6 Å². The number of nitriles is 1. The zero-order valence-electron chi connectivity index (χ0n) is 16.0. The van der Waals surface area contributed by atoms with Gasteiger partial charge in [0.05, 0.1) is 0 Å². The van der Waals surface area contributed by atoms with Crippen LogP contribution in [-0.4, -0.2) is 10.5 Å². The van der Waals surface area contributed by atoms with Gasteiger partial charge in [-0.25, -0.2) is 0 Å². The predicted octanol–water partition coefficient (Wildman–Crippen LogP) is 5.71. The Kier molecular flexibility index (Phi) is 5.81. The molecule has 3 rings (SSSR count). The van der Waals surface area contributed by atoms with Crippen LogP contribution in [0.3, 0.4) is 0 Å². The van der Waals surface area contributed by atoms with E-state index in [-0.39, 0.29) is 5.57 Å². The van der Waals surface area contributed by atoms with Gasteiger partial charge >= 0.3 is 0 Å². The third-order valence-electron chi connectivity index (χ3n) is 4.57. The maximum absolute atomic E-state index is 12.5. The zero-order valence-corrected chi connectivity index (χ0v) is 17.5. The molecule has 0 unspecified atom stereocenters. The molecule has 0 atom stereocenters. The summed E-state index contributed by atoms with van der Waals surface area (Å²) in [5.41, 5.74) is 5.76. The van der Waals surface area contributed by atoms with Gasteiger partial charge < -0.3 is 9.88 Å². The number of carbonyl (C=O) groups is 1. The number of nitrogens with one attached hydrogen (secondary N) is 1. The molecule has 0 spiro atoms. The van der Waals surface area contributed by atoms with E-state index in [4.69, 9.17) is 0 Å². The number of hydrogen-bond donors (Lipinski definition) is 1. The van der Waals surface area contributed by atoms with Crippen molar-refractivity contribution in [3.05, 3.63) is 87.2 Å². The molecule has 0 saturated carbocycles. The Balaban J connectivity index is 1.96. The summed E-state index contributed by atoms with van der Waals surface area (Å²) >= 11 is 3.53. The number of nitrogens with zero attached hydrogens (tertiary/aromatic N) is 2. The predicted molar refractivity (Wildman–Crippen MR) is 116 cm³/mol. The van der Waals surface area contributed by atoms with Gasteiger partial charge in [0, 0.05) is 27.2 Å². The molecule has 0 fully saturated rings. The van der Waals surface area contributed by atoms with Crippen molar-refractivity contribution in [3.63, 3.8) is 0 Å². The van der Waals surface area contributed by atoms with Crippen molar-refractivity contribution in [2.75, 3.05) is 5.32 Å². The Morgan fingerprint density at radius 2 is 1.82 bits per heavy atom. The lowest BCUT2D eigenvalue weighted by Crippen LogP contribution is -2.13. The van der Waals surface area contributed by atoms with E-state index in [1.807, 2.05) is 63.2 Å². The van der Waals surface area contributed by atoms with E-state index in [0.29, 0.717) is 5.69 Å². The highest BCUT2D eigenvalue weighted by Crippen LogP contribution is 2.26. The lowest BCUT2D eigenvalue weighted by molar-refractivity contribution is -0.112. The van der Waals surface area contributed by atoms with E-state index in [1.54, 1.807) is 18.2 Å². The number of aromatic nitrogens is 1. The minimum atomic E-state index is -0.419. The molecule has 0 aliphatic carbocycles. The number of para-hydroxylation sites is 1. The topological polar surface area (TPSA) is 57.8 Å². The van der Waals surface area contributed by atoms with E-state index in [2.05, 4.69) is 31.9 Å². The van der Waals surface area contributed by atoms with Crippen molar-refractivity contribution in [1.29, 1.82) is 5.26 Å². The van der Waals surface area contributed by atoms with E-state index >= 15 is 0 Å². The first-order valence-electron chi connectivity index (χ1n) is 8.84. The first-order chi connectivity index (χ1) is 13.4. The Hall–Kier alpha value is -3.10. The second kappa shape index (κ2) is 8.28. The Labute approximate surface area is 173 Å². The molecule has 3 aromatic rings. The number of benzene rings is 2. The summed E-state index contributed by atoms with van der Waals surface area (Å²) in [5, 5.41) is 12.3. The van der Waals surface area contributed by atoms with Crippen molar-refractivity contribution >= 4 is 33.6 Å². The highest BCUT2D eigenvalue weighted by atomic mass is 79.9. The molecule has 4 nitrogen and oxygen atoms in total. The summed E-state index contributed by atoms with van der Waals surface area (Å²) in [6.45, 7) is 6.04. The molecule has 0 aliphatic rings. The average molecular weight is 434 g/mol. The minimum absolute atomic E-state index is 0.0658. The SMILES string of the molecule is Cc1cc(-n2c(C)cc(/C=C(/C#N)C(=O)Nc3ccccc3)c2C)ccc1Br. The normalized spacial score (nSPS) is 11.2. The standard InChI is InChI=1S/C23H20BrN3O/c1-15-11-21(9-10-22(15)24)27-16(2)12-18(17(27)3)13-19(14-25)23(28)26-20-7-5-4-6-8-20/h4-13H,1-3H3,(H,26,28)/b19-13-. The van der Waals surface area contributed by atoms with Crippen LogP contribution in [0.1, 0.15) is 22.5 Å². The summed E-state index contributed by atoms with van der Waals surface area (Å²) in [7, 11) is 0. The van der Waals surface area contributed by atoms with Crippen LogP contribution >= 0.6 is 15.9 Å². The summed E-state index contributed by atoms with van der Waals surface area (Å²) in [6, 6.07) is 19.3. The quantitative estimate of drug-likeness (QED) is 0.422. The molecular formula is C23H20BrN3O. The second-order valence-corrected chi connectivity index (χ2v) is 7.44. The van der Waals surface area contributed by atoms with Gasteiger partial charge in [0.2, 0.25) is 0 Å². The fourth-order valence-corrected chi connectivity index (χ4v) is 3.37. The molecule has 28 heavy (non-hydrogen) atoms. The number of carbonyl (C=O) groups excluding carboxylic acids is 1. The first-order valence-corrected chi connectivity index (χ1v) is 9.63. The number of hydrogen-bond acceptors (Lipinski definition) is 2. The lowest BCUT2D eigenvalue weighted by Gasteiger charge is -2.11. The maximum Gasteiger partial charge on any atom is 0.266 e. The molecule has 1 N–H and O–H groups in total. The number of rotatable bonds is 4. The van der Waals surface area contributed by atoms with Crippen molar-refractivity contribution in [2.24, 2.45) is 0 Å². The summed E-state index contributed by atoms with van der Waals surface area (Å²) < 4.78 is 3.18. The van der Waals surface area contributed by atoms with E-state index < -0.39 is 5.91 Å². The van der Waals surface area contributed by atoms with E-state index in [0.717, 1.165) is 32.7 Å². The maximum atomic E-state index is 12.5. The fraction of sp³-hybridized carbons (Fsp3) is 0.130. The van der Waals surface area contributed by atoms with Crippen LogP contribution < -0.4 is 5.32 Å². The van der Waals surface area contributed by atoms with Gasteiger partial charge in [0.15, 0.2) is 0 Å². The molecule has 0 bridgehead atoms. The molecule has 0 radical (unpaired) electrons. The van der Waals surface area contributed by atoms with Crippen molar-refractivity contribution in [3.8, 4) is 11.8 Å². The Morgan fingerprint density at radius 1 is 1.11 bits per heavy atom. The Bertz CT molecular complexity index is 1100. The van der Waals surface area contributed by atoms with Crippen LogP contribution in [0.2, 0.25) is 0 Å². The average Bonchev–Trinajstić information content (AvgIpc) is 2.96. The monoisotopic (exact) mass is 433 g/mol. The summed E-state index contributed by atoms with van der Waals surface area (Å²) in [6.07, 6.45) is 1.64. The van der Waals surface area contributed by atoms with Crippen molar-refractivity contribution in [2.45, 2.75) is 20.8 Å². The Morgan fingerprint density at radius 3 is 2.46 bits per heavy atom. The highest BCUT2D eigenvalue weighted by molar-refractivity contribution is 9.10. The smallest absolute Gasteiger partial charge is 0.266 e. The molecule has 0 aliphatic heterocycles. The van der Waals surface area contributed by atoms with Crippen LogP contribution in [0, 0.1) is 32.1 Å². The van der Waals surface area contributed by atoms with Crippen LogP contribution in [0.4, 0.5) is 5.69 Å². The molecule has 1 aromatic heterocycles.